The lowest BCUT2D eigenvalue weighted by molar-refractivity contribution is -0.134. The highest BCUT2D eigenvalue weighted by Gasteiger charge is 2.25. The number of hydrogen-bond acceptors (Lipinski definition) is 3. The number of rotatable bonds is 3. The Balaban J connectivity index is 1.87. The summed E-state index contributed by atoms with van der Waals surface area (Å²) in [4.78, 5) is 25.8. The molecule has 5 nitrogen and oxygen atoms in total. The van der Waals surface area contributed by atoms with E-state index in [9.17, 15) is 9.59 Å². The van der Waals surface area contributed by atoms with Gasteiger partial charge in [0.1, 0.15) is 6.04 Å². The van der Waals surface area contributed by atoms with Crippen LogP contribution in [0.15, 0.2) is 22.8 Å². The minimum absolute atomic E-state index is 0.0215. The van der Waals surface area contributed by atoms with Gasteiger partial charge in [-0.2, -0.15) is 0 Å². The first-order chi connectivity index (χ1) is 9.08. The van der Waals surface area contributed by atoms with Crippen molar-refractivity contribution in [3.63, 3.8) is 0 Å². The molecule has 1 aromatic heterocycles. The summed E-state index contributed by atoms with van der Waals surface area (Å²) in [7, 11) is 0. The van der Waals surface area contributed by atoms with Gasteiger partial charge in [-0.05, 0) is 37.8 Å². The van der Waals surface area contributed by atoms with E-state index in [1.54, 1.807) is 19.1 Å². The number of nitrogens with zero attached hydrogens (tertiary/aromatic N) is 1. The number of carbonyl (C=O) groups excluding carboxylic acids is 2. The molecule has 1 aromatic rings. The van der Waals surface area contributed by atoms with Crippen molar-refractivity contribution in [2.45, 2.75) is 32.7 Å². The van der Waals surface area contributed by atoms with E-state index in [2.05, 4.69) is 12.2 Å². The van der Waals surface area contributed by atoms with Crippen molar-refractivity contribution in [3.8, 4) is 0 Å². The molecule has 1 saturated heterocycles. The normalized spacial score (nSPS) is 18.1. The highest BCUT2D eigenvalue weighted by atomic mass is 16.3. The van der Waals surface area contributed by atoms with Crippen LogP contribution in [0.25, 0.3) is 0 Å². The topological polar surface area (TPSA) is 62.6 Å². The van der Waals surface area contributed by atoms with Gasteiger partial charge in [0.25, 0.3) is 5.91 Å². The third kappa shape index (κ3) is 3.36. The van der Waals surface area contributed by atoms with Crippen molar-refractivity contribution in [3.05, 3.63) is 24.2 Å². The zero-order chi connectivity index (χ0) is 13.8. The summed E-state index contributed by atoms with van der Waals surface area (Å²) in [6, 6.07) is 2.70. The quantitative estimate of drug-likeness (QED) is 0.903. The summed E-state index contributed by atoms with van der Waals surface area (Å²) in [6.45, 7) is 5.47. The number of amides is 2. The van der Waals surface area contributed by atoms with Gasteiger partial charge in [-0.1, -0.05) is 6.92 Å². The fourth-order valence-corrected chi connectivity index (χ4v) is 2.24. The molecule has 1 atom stereocenters. The summed E-state index contributed by atoms with van der Waals surface area (Å²) in [5.74, 6) is 0.534. The Bertz CT molecular complexity index is 434. The molecule has 0 aromatic carbocycles. The molecule has 1 aliphatic rings. The molecule has 2 heterocycles. The third-order valence-corrected chi connectivity index (χ3v) is 3.56. The molecule has 19 heavy (non-hydrogen) atoms. The number of furan rings is 1. The van der Waals surface area contributed by atoms with Crippen LogP contribution in [0.5, 0.6) is 0 Å². The molecular weight excluding hydrogens is 244 g/mol. The fraction of sp³-hybridized carbons (Fsp3) is 0.571. The molecule has 0 spiro atoms. The molecule has 104 valence electrons. The maximum absolute atomic E-state index is 12.2. The van der Waals surface area contributed by atoms with Gasteiger partial charge in [-0.15, -0.1) is 0 Å². The van der Waals surface area contributed by atoms with Crippen molar-refractivity contribution >= 4 is 11.8 Å². The van der Waals surface area contributed by atoms with E-state index in [0.29, 0.717) is 5.92 Å². The van der Waals surface area contributed by atoms with E-state index in [0.717, 1.165) is 25.9 Å². The predicted octanol–water partition coefficient (Wildman–Crippen LogP) is 1.66. The van der Waals surface area contributed by atoms with Gasteiger partial charge in [-0.25, -0.2) is 0 Å². The Kier molecular flexibility index (Phi) is 4.24. The van der Waals surface area contributed by atoms with Crippen LogP contribution in [0.4, 0.5) is 0 Å². The van der Waals surface area contributed by atoms with Crippen LogP contribution >= 0.6 is 0 Å². The lowest BCUT2D eigenvalue weighted by Gasteiger charge is -2.32. The van der Waals surface area contributed by atoms with Gasteiger partial charge in [0.05, 0.1) is 6.26 Å². The monoisotopic (exact) mass is 264 g/mol. The molecule has 2 rings (SSSR count). The van der Waals surface area contributed by atoms with Crippen LogP contribution < -0.4 is 5.32 Å². The smallest absolute Gasteiger partial charge is 0.287 e. The van der Waals surface area contributed by atoms with E-state index in [1.165, 1.54) is 6.26 Å². The van der Waals surface area contributed by atoms with Crippen molar-refractivity contribution in [2.24, 2.45) is 5.92 Å². The number of nitrogens with one attached hydrogen (secondary N) is 1. The Morgan fingerprint density at radius 3 is 2.68 bits per heavy atom. The summed E-state index contributed by atoms with van der Waals surface area (Å²) < 4.78 is 5.00. The van der Waals surface area contributed by atoms with E-state index in [4.69, 9.17) is 4.42 Å². The van der Waals surface area contributed by atoms with Crippen LogP contribution in [0.1, 0.15) is 37.2 Å². The molecule has 0 aliphatic carbocycles. The largest absolute Gasteiger partial charge is 0.459 e. The average molecular weight is 264 g/mol. The Morgan fingerprint density at radius 2 is 2.11 bits per heavy atom. The standard InChI is InChI=1S/C14H20N2O3/c1-10-5-7-16(8-6-10)14(18)11(2)15-13(17)12-4-3-9-19-12/h3-4,9-11H,5-8H2,1-2H3,(H,15,17)/t11-/m0/s1. The molecule has 0 unspecified atom stereocenters. The first kappa shape index (κ1) is 13.6. The predicted molar refractivity (Wildman–Crippen MR) is 70.6 cm³/mol. The highest BCUT2D eigenvalue weighted by molar-refractivity contribution is 5.95. The summed E-state index contributed by atoms with van der Waals surface area (Å²) in [5, 5.41) is 2.67. The van der Waals surface area contributed by atoms with E-state index < -0.39 is 6.04 Å². The number of piperidine rings is 1. The second-order valence-corrected chi connectivity index (χ2v) is 5.18. The average Bonchev–Trinajstić information content (AvgIpc) is 2.92. The molecule has 1 aliphatic heterocycles. The molecule has 0 radical (unpaired) electrons. The van der Waals surface area contributed by atoms with Crippen molar-refractivity contribution in [1.29, 1.82) is 0 Å². The van der Waals surface area contributed by atoms with Crippen molar-refractivity contribution in [1.82, 2.24) is 10.2 Å². The van der Waals surface area contributed by atoms with Crippen LogP contribution in [-0.2, 0) is 4.79 Å². The molecule has 5 heteroatoms. The van der Waals surface area contributed by atoms with Crippen LogP contribution in [0.2, 0.25) is 0 Å². The highest BCUT2D eigenvalue weighted by Crippen LogP contribution is 2.16. The number of carbonyl (C=O) groups is 2. The van der Waals surface area contributed by atoms with Gasteiger partial charge < -0.3 is 14.6 Å². The SMILES string of the molecule is CC1CCN(C(=O)[C@H](C)NC(=O)c2ccco2)CC1. The van der Waals surface area contributed by atoms with E-state index in [1.807, 2.05) is 4.90 Å². The molecule has 0 saturated carbocycles. The maximum atomic E-state index is 12.2. The van der Waals surface area contributed by atoms with E-state index in [-0.39, 0.29) is 17.6 Å². The fourth-order valence-electron chi connectivity index (χ4n) is 2.24. The lowest BCUT2D eigenvalue weighted by atomic mass is 9.99. The Hall–Kier alpha value is -1.78. The molecular formula is C14H20N2O3. The summed E-state index contributed by atoms with van der Waals surface area (Å²) in [6.07, 6.45) is 3.50. The van der Waals surface area contributed by atoms with Crippen LogP contribution in [0, 0.1) is 5.92 Å². The van der Waals surface area contributed by atoms with Gasteiger partial charge in [-0.3, -0.25) is 9.59 Å². The summed E-state index contributed by atoms with van der Waals surface area (Å²) >= 11 is 0. The zero-order valence-electron chi connectivity index (χ0n) is 11.4. The molecule has 1 fully saturated rings. The van der Waals surface area contributed by atoms with Gasteiger partial charge in [0.2, 0.25) is 5.91 Å². The minimum atomic E-state index is -0.522. The van der Waals surface area contributed by atoms with Crippen LogP contribution in [0.3, 0.4) is 0 Å². The van der Waals surface area contributed by atoms with Gasteiger partial charge in [0, 0.05) is 13.1 Å². The Morgan fingerprint density at radius 1 is 1.42 bits per heavy atom. The van der Waals surface area contributed by atoms with Crippen molar-refractivity contribution < 1.29 is 14.0 Å². The molecule has 0 bridgehead atoms. The first-order valence-electron chi connectivity index (χ1n) is 6.71. The zero-order valence-corrected chi connectivity index (χ0v) is 11.4. The number of likely N-dealkylation sites (tertiary alicyclic amines) is 1. The first-order valence-corrected chi connectivity index (χ1v) is 6.71. The van der Waals surface area contributed by atoms with Gasteiger partial charge in [0.15, 0.2) is 5.76 Å². The molecule has 1 N–H and O–H groups in total. The van der Waals surface area contributed by atoms with Crippen molar-refractivity contribution in [2.75, 3.05) is 13.1 Å². The maximum Gasteiger partial charge on any atom is 0.287 e. The molecule has 2 amide bonds. The third-order valence-electron chi connectivity index (χ3n) is 3.56. The summed E-state index contributed by atoms with van der Waals surface area (Å²) in [5.41, 5.74) is 0. The van der Waals surface area contributed by atoms with Gasteiger partial charge >= 0.3 is 0 Å². The van der Waals surface area contributed by atoms with E-state index >= 15 is 0 Å². The number of hydrogen-bond donors (Lipinski definition) is 1. The Labute approximate surface area is 113 Å². The lowest BCUT2D eigenvalue weighted by Crippen LogP contribution is -2.49. The van der Waals surface area contributed by atoms with Crippen LogP contribution in [-0.4, -0.2) is 35.8 Å². The second-order valence-electron chi connectivity index (χ2n) is 5.18. The minimum Gasteiger partial charge on any atom is -0.459 e. The second kappa shape index (κ2) is 5.91.